The standard InChI is InChI=1S/C20H26N2O2/c1-14-19(16(3)24-21-14)12-20(23)22(13-17-8-7-9-17)15(2)18-10-5-4-6-11-18/h4-6,10-11,15,17H,7-9,12-13H2,1-3H3/t15-/m0/s1. The molecular weight excluding hydrogens is 300 g/mol. The van der Waals surface area contributed by atoms with Crippen LogP contribution >= 0.6 is 0 Å². The van der Waals surface area contributed by atoms with Gasteiger partial charge in [0, 0.05) is 12.1 Å². The van der Waals surface area contributed by atoms with Gasteiger partial charge in [-0.2, -0.15) is 0 Å². The number of amides is 1. The Morgan fingerprint density at radius 1 is 1.29 bits per heavy atom. The predicted octanol–water partition coefficient (Wildman–Crippen LogP) is 4.22. The van der Waals surface area contributed by atoms with Crippen LogP contribution in [0.25, 0.3) is 0 Å². The van der Waals surface area contributed by atoms with Gasteiger partial charge in [-0.15, -0.1) is 0 Å². The molecule has 4 nitrogen and oxygen atoms in total. The van der Waals surface area contributed by atoms with Gasteiger partial charge >= 0.3 is 0 Å². The Kier molecular flexibility index (Phi) is 5.03. The molecule has 24 heavy (non-hydrogen) atoms. The van der Waals surface area contributed by atoms with Crippen LogP contribution in [0.3, 0.4) is 0 Å². The molecule has 1 fully saturated rings. The zero-order valence-corrected chi connectivity index (χ0v) is 14.8. The molecule has 0 saturated heterocycles. The summed E-state index contributed by atoms with van der Waals surface area (Å²) in [6.45, 7) is 6.74. The molecule has 0 spiro atoms. The van der Waals surface area contributed by atoms with Gasteiger partial charge in [0.05, 0.1) is 18.2 Å². The highest BCUT2D eigenvalue weighted by atomic mass is 16.5. The molecule has 1 aromatic carbocycles. The normalized spacial score (nSPS) is 15.8. The number of rotatable bonds is 6. The number of nitrogens with zero attached hydrogens (tertiary/aromatic N) is 2. The van der Waals surface area contributed by atoms with Crippen molar-refractivity contribution in [3.05, 3.63) is 52.9 Å². The van der Waals surface area contributed by atoms with Gasteiger partial charge < -0.3 is 9.42 Å². The molecule has 1 aliphatic carbocycles. The lowest BCUT2D eigenvalue weighted by atomic mass is 9.84. The first kappa shape index (κ1) is 16.7. The van der Waals surface area contributed by atoms with Crippen molar-refractivity contribution in [3.8, 4) is 0 Å². The van der Waals surface area contributed by atoms with Crippen molar-refractivity contribution in [2.75, 3.05) is 6.54 Å². The summed E-state index contributed by atoms with van der Waals surface area (Å²) >= 11 is 0. The van der Waals surface area contributed by atoms with Crippen LogP contribution in [0.5, 0.6) is 0 Å². The van der Waals surface area contributed by atoms with E-state index in [9.17, 15) is 4.79 Å². The SMILES string of the molecule is Cc1noc(C)c1CC(=O)N(CC1CCC1)[C@@H](C)c1ccccc1. The minimum atomic E-state index is 0.0831. The first-order valence-corrected chi connectivity index (χ1v) is 8.82. The van der Waals surface area contributed by atoms with E-state index in [-0.39, 0.29) is 11.9 Å². The zero-order chi connectivity index (χ0) is 17.1. The Bertz CT molecular complexity index is 669. The highest BCUT2D eigenvalue weighted by Gasteiger charge is 2.28. The lowest BCUT2D eigenvalue weighted by Crippen LogP contribution is -2.40. The first-order chi connectivity index (χ1) is 11.6. The Balaban J connectivity index is 1.79. The maximum absolute atomic E-state index is 13.1. The third-order valence-corrected chi connectivity index (χ3v) is 5.26. The molecule has 0 radical (unpaired) electrons. The van der Waals surface area contributed by atoms with Crippen molar-refractivity contribution in [2.24, 2.45) is 5.92 Å². The van der Waals surface area contributed by atoms with Crippen molar-refractivity contribution in [2.45, 2.75) is 52.5 Å². The minimum absolute atomic E-state index is 0.0831. The van der Waals surface area contributed by atoms with Crippen LogP contribution in [-0.2, 0) is 11.2 Å². The fraction of sp³-hybridized carbons (Fsp3) is 0.500. The van der Waals surface area contributed by atoms with Gasteiger partial charge in [-0.25, -0.2) is 0 Å². The summed E-state index contributed by atoms with van der Waals surface area (Å²) in [5.41, 5.74) is 2.93. The molecule has 0 unspecified atom stereocenters. The zero-order valence-electron chi connectivity index (χ0n) is 14.8. The maximum Gasteiger partial charge on any atom is 0.227 e. The second kappa shape index (κ2) is 7.20. The molecular formula is C20H26N2O2. The first-order valence-electron chi connectivity index (χ1n) is 8.82. The topological polar surface area (TPSA) is 46.3 Å². The van der Waals surface area contributed by atoms with Gasteiger partial charge in [0.15, 0.2) is 0 Å². The van der Waals surface area contributed by atoms with Crippen molar-refractivity contribution in [3.63, 3.8) is 0 Å². The van der Waals surface area contributed by atoms with Crippen LogP contribution in [0.2, 0.25) is 0 Å². The average molecular weight is 326 g/mol. The molecule has 4 heteroatoms. The van der Waals surface area contributed by atoms with Crippen LogP contribution in [-0.4, -0.2) is 22.5 Å². The summed E-state index contributed by atoms with van der Waals surface area (Å²) in [7, 11) is 0. The Morgan fingerprint density at radius 2 is 2.00 bits per heavy atom. The van der Waals surface area contributed by atoms with Crippen molar-refractivity contribution in [1.29, 1.82) is 0 Å². The molecule has 1 saturated carbocycles. The highest BCUT2D eigenvalue weighted by molar-refractivity contribution is 5.79. The Hall–Kier alpha value is -2.10. The summed E-state index contributed by atoms with van der Waals surface area (Å²) in [5, 5.41) is 3.97. The van der Waals surface area contributed by atoms with E-state index < -0.39 is 0 Å². The third-order valence-electron chi connectivity index (χ3n) is 5.26. The van der Waals surface area contributed by atoms with Crippen LogP contribution in [0.15, 0.2) is 34.9 Å². The molecule has 1 atom stereocenters. The second-order valence-corrected chi connectivity index (χ2v) is 6.91. The van der Waals surface area contributed by atoms with Gasteiger partial charge in [0.25, 0.3) is 0 Å². The average Bonchev–Trinajstić information content (AvgIpc) is 2.86. The number of carbonyl (C=O) groups excluding carboxylic acids is 1. The third kappa shape index (κ3) is 3.53. The van der Waals surface area contributed by atoms with Crippen molar-refractivity contribution >= 4 is 5.91 Å². The van der Waals surface area contributed by atoms with Crippen molar-refractivity contribution < 1.29 is 9.32 Å². The monoisotopic (exact) mass is 326 g/mol. The van der Waals surface area contributed by atoms with E-state index in [1.54, 1.807) is 0 Å². The Morgan fingerprint density at radius 3 is 2.54 bits per heavy atom. The van der Waals surface area contributed by atoms with Gasteiger partial charge in [0.1, 0.15) is 5.76 Å². The molecule has 1 heterocycles. The van der Waals surface area contributed by atoms with E-state index in [1.807, 2.05) is 36.9 Å². The fourth-order valence-corrected chi connectivity index (χ4v) is 3.35. The maximum atomic E-state index is 13.1. The summed E-state index contributed by atoms with van der Waals surface area (Å²) in [5.74, 6) is 1.55. The molecule has 0 aliphatic heterocycles. The molecule has 0 N–H and O–H groups in total. The number of aromatic nitrogens is 1. The van der Waals surface area contributed by atoms with Crippen LogP contribution in [0.4, 0.5) is 0 Å². The van der Waals surface area contributed by atoms with Gasteiger partial charge in [-0.3, -0.25) is 4.79 Å². The fourth-order valence-electron chi connectivity index (χ4n) is 3.35. The number of aryl methyl sites for hydroxylation is 2. The predicted molar refractivity (Wildman–Crippen MR) is 93.6 cm³/mol. The van der Waals surface area contributed by atoms with E-state index in [0.29, 0.717) is 12.3 Å². The number of carbonyl (C=O) groups is 1. The molecule has 0 bridgehead atoms. The van der Waals surface area contributed by atoms with E-state index in [4.69, 9.17) is 4.52 Å². The van der Waals surface area contributed by atoms with Gasteiger partial charge in [-0.1, -0.05) is 41.9 Å². The molecule has 2 aromatic rings. The largest absolute Gasteiger partial charge is 0.361 e. The number of hydrogen-bond acceptors (Lipinski definition) is 3. The van der Waals surface area contributed by atoms with Gasteiger partial charge in [-0.05, 0) is 45.1 Å². The summed E-state index contributed by atoms with van der Waals surface area (Å²) < 4.78 is 5.21. The molecule has 1 aromatic heterocycles. The molecule has 1 amide bonds. The van der Waals surface area contributed by atoms with E-state index in [1.165, 1.54) is 24.8 Å². The lowest BCUT2D eigenvalue weighted by molar-refractivity contribution is -0.133. The van der Waals surface area contributed by atoms with Crippen LogP contribution < -0.4 is 0 Å². The molecule has 3 rings (SSSR count). The van der Waals surface area contributed by atoms with E-state index in [2.05, 4.69) is 24.2 Å². The lowest BCUT2D eigenvalue weighted by Gasteiger charge is -2.36. The van der Waals surface area contributed by atoms with Crippen LogP contribution in [0.1, 0.15) is 54.8 Å². The van der Waals surface area contributed by atoms with E-state index >= 15 is 0 Å². The Labute approximate surface area is 143 Å². The second-order valence-electron chi connectivity index (χ2n) is 6.91. The summed E-state index contributed by atoms with van der Waals surface area (Å²) in [6, 6.07) is 10.4. The minimum Gasteiger partial charge on any atom is -0.361 e. The highest BCUT2D eigenvalue weighted by Crippen LogP contribution is 2.31. The quantitative estimate of drug-likeness (QED) is 0.798. The van der Waals surface area contributed by atoms with Gasteiger partial charge in [0.2, 0.25) is 5.91 Å². The summed E-state index contributed by atoms with van der Waals surface area (Å²) in [6.07, 6.45) is 4.12. The molecule has 1 aliphatic rings. The van der Waals surface area contributed by atoms with Crippen LogP contribution in [0, 0.1) is 19.8 Å². The summed E-state index contributed by atoms with van der Waals surface area (Å²) in [4.78, 5) is 15.1. The molecule has 128 valence electrons. The van der Waals surface area contributed by atoms with E-state index in [0.717, 1.165) is 23.6 Å². The smallest absolute Gasteiger partial charge is 0.227 e. The number of benzene rings is 1. The number of hydrogen-bond donors (Lipinski definition) is 0. The van der Waals surface area contributed by atoms with Crippen molar-refractivity contribution in [1.82, 2.24) is 10.1 Å².